The molecule has 1 aliphatic heterocycles. The first-order chi connectivity index (χ1) is 16.4. The summed E-state index contributed by atoms with van der Waals surface area (Å²) in [5, 5.41) is 19.5. The lowest BCUT2D eigenvalue weighted by molar-refractivity contribution is -0.385. The van der Waals surface area contributed by atoms with Crippen LogP contribution in [0, 0.1) is 10.1 Å². The lowest BCUT2D eigenvalue weighted by atomic mass is 10.1. The maximum atomic E-state index is 13.0. The normalized spacial score (nSPS) is 15.2. The molecule has 0 aliphatic carbocycles. The van der Waals surface area contributed by atoms with Gasteiger partial charge in [0.2, 0.25) is 0 Å². The number of carbonyl (C=O) groups is 2. The molecule has 1 amide bonds. The molecule has 1 unspecified atom stereocenters. The van der Waals surface area contributed by atoms with Crippen molar-refractivity contribution < 1.29 is 19.2 Å². The highest BCUT2D eigenvalue weighted by Gasteiger charge is 2.27. The summed E-state index contributed by atoms with van der Waals surface area (Å²) in [4.78, 5) is 39.9. The Bertz CT molecular complexity index is 1040. The number of piperazine rings is 1. The third kappa shape index (κ3) is 6.58. The predicted molar refractivity (Wildman–Crippen MR) is 126 cm³/mol. The molecule has 1 heterocycles. The SMILES string of the molecule is CCOC(=O)C(Cc1ccccc1)N=NNc1ccc([N+](=O)[O-])c(C(=O)N2CCN(C)CC2)c1. The van der Waals surface area contributed by atoms with Crippen LogP contribution in [0.15, 0.2) is 58.9 Å². The van der Waals surface area contributed by atoms with Gasteiger partial charge in [0, 0.05) is 38.7 Å². The number of nitro benzene ring substituents is 1. The third-order valence-electron chi connectivity index (χ3n) is 5.42. The van der Waals surface area contributed by atoms with Gasteiger partial charge >= 0.3 is 5.97 Å². The van der Waals surface area contributed by atoms with Crippen molar-refractivity contribution in [3.63, 3.8) is 0 Å². The van der Waals surface area contributed by atoms with Crippen LogP contribution >= 0.6 is 0 Å². The monoisotopic (exact) mass is 468 g/mol. The molecule has 1 aliphatic rings. The van der Waals surface area contributed by atoms with E-state index >= 15 is 0 Å². The summed E-state index contributed by atoms with van der Waals surface area (Å²) in [5.74, 6) is -0.916. The second-order valence-corrected chi connectivity index (χ2v) is 7.87. The second-order valence-electron chi connectivity index (χ2n) is 7.87. The van der Waals surface area contributed by atoms with Crippen molar-refractivity contribution in [2.75, 3.05) is 45.3 Å². The minimum absolute atomic E-state index is 0.0269. The molecule has 1 fully saturated rings. The highest BCUT2D eigenvalue weighted by atomic mass is 16.6. The number of anilines is 1. The Morgan fingerprint density at radius 2 is 1.85 bits per heavy atom. The lowest BCUT2D eigenvalue weighted by Gasteiger charge is -2.32. The first kappa shape index (κ1) is 24.8. The number of hydrogen-bond donors (Lipinski definition) is 1. The summed E-state index contributed by atoms with van der Waals surface area (Å²) in [5.41, 5.74) is 3.61. The molecule has 11 heteroatoms. The van der Waals surface area contributed by atoms with E-state index in [0.29, 0.717) is 38.3 Å². The van der Waals surface area contributed by atoms with Crippen LogP contribution in [0.3, 0.4) is 0 Å². The number of benzene rings is 2. The van der Waals surface area contributed by atoms with Gasteiger partial charge in [0.1, 0.15) is 5.56 Å². The van der Waals surface area contributed by atoms with E-state index in [0.717, 1.165) is 5.56 Å². The van der Waals surface area contributed by atoms with Gasteiger partial charge in [-0.25, -0.2) is 4.79 Å². The zero-order valence-corrected chi connectivity index (χ0v) is 19.2. The van der Waals surface area contributed by atoms with Crippen molar-refractivity contribution in [1.29, 1.82) is 0 Å². The number of esters is 1. The summed E-state index contributed by atoms with van der Waals surface area (Å²) in [7, 11) is 1.96. The highest BCUT2D eigenvalue weighted by molar-refractivity contribution is 5.99. The van der Waals surface area contributed by atoms with Gasteiger partial charge in [-0.05, 0) is 31.7 Å². The third-order valence-corrected chi connectivity index (χ3v) is 5.42. The molecule has 34 heavy (non-hydrogen) atoms. The van der Waals surface area contributed by atoms with Crippen molar-refractivity contribution in [3.8, 4) is 0 Å². The van der Waals surface area contributed by atoms with Crippen molar-refractivity contribution in [3.05, 3.63) is 69.8 Å². The molecule has 0 saturated carbocycles. The number of carbonyl (C=O) groups excluding carboxylic acids is 2. The smallest absolute Gasteiger partial charge is 0.333 e. The molecule has 1 atom stereocenters. The van der Waals surface area contributed by atoms with Gasteiger partial charge in [-0.1, -0.05) is 35.6 Å². The number of hydrogen-bond acceptors (Lipinski definition) is 8. The van der Waals surface area contributed by atoms with Crippen LogP contribution in [-0.2, 0) is 16.0 Å². The van der Waals surface area contributed by atoms with Crippen LogP contribution in [0.1, 0.15) is 22.8 Å². The molecule has 180 valence electrons. The number of ether oxygens (including phenoxy) is 1. The Kier molecular flexibility index (Phi) is 8.63. The van der Waals surface area contributed by atoms with Crippen molar-refractivity contribution >= 4 is 23.3 Å². The van der Waals surface area contributed by atoms with Crippen LogP contribution in [0.2, 0.25) is 0 Å². The average molecular weight is 469 g/mol. The minimum atomic E-state index is -0.862. The Hall–Kier alpha value is -3.86. The fourth-order valence-electron chi connectivity index (χ4n) is 3.52. The van der Waals surface area contributed by atoms with E-state index in [-0.39, 0.29) is 17.9 Å². The molecule has 1 saturated heterocycles. The Labute approximate surface area is 197 Å². The van der Waals surface area contributed by atoms with E-state index in [1.807, 2.05) is 37.4 Å². The number of nitrogens with one attached hydrogen (secondary N) is 1. The van der Waals surface area contributed by atoms with Crippen LogP contribution in [0.4, 0.5) is 11.4 Å². The summed E-state index contributed by atoms with van der Waals surface area (Å²) in [6.45, 7) is 4.30. The number of likely N-dealkylation sites (N-methyl/N-ethyl adjacent to an activating group) is 1. The average Bonchev–Trinajstić information content (AvgIpc) is 2.84. The topological polar surface area (TPSA) is 130 Å². The molecule has 2 aromatic carbocycles. The summed E-state index contributed by atoms with van der Waals surface area (Å²) < 4.78 is 5.10. The lowest BCUT2D eigenvalue weighted by Crippen LogP contribution is -2.47. The molecule has 2 aromatic rings. The Morgan fingerprint density at radius 1 is 1.15 bits per heavy atom. The van der Waals surface area contributed by atoms with Gasteiger partial charge in [-0.15, -0.1) is 0 Å². The maximum absolute atomic E-state index is 13.0. The maximum Gasteiger partial charge on any atom is 0.333 e. The first-order valence-corrected chi connectivity index (χ1v) is 11.0. The molecule has 0 spiro atoms. The number of rotatable bonds is 9. The van der Waals surface area contributed by atoms with Crippen LogP contribution < -0.4 is 5.43 Å². The fraction of sp³-hybridized carbons (Fsp3) is 0.391. The summed E-state index contributed by atoms with van der Waals surface area (Å²) in [6.07, 6.45) is 0.304. The van der Waals surface area contributed by atoms with Gasteiger partial charge in [0.15, 0.2) is 6.04 Å². The first-order valence-electron chi connectivity index (χ1n) is 11.0. The van der Waals surface area contributed by atoms with Crippen LogP contribution in [0.5, 0.6) is 0 Å². The van der Waals surface area contributed by atoms with Gasteiger partial charge in [0.05, 0.1) is 17.2 Å². The van der Waals surface area contributed by atoms with E-state index in [2.05, 4.69) is 20.7 Å². The fourth-order valence-corrected chi connectivity index (χ4v) is 3.52. The quantitative estimate of drug-likeness (QED) is 0.259. The van der Waals surface area contributed by atoms with E-state index in [9.17, 15) is 19.7 Å². The van der Waals surface area contributed by atoms with Crippen molar-refractivity contribution in [2.45, 2.75) is 19.4 Å². The Balaban J connectivity index is 1.76. The van der Waals surface area contributed by atoms with Gasteiger partial charge < -0.3 is 14.5 Å². The number of amides is 1. The Morgan fingerprint density at radius 3 is 2.50 bits per heavy atom. The molecular formula is C23H28N6O5. The van der Waals surface area contributed by atoms with Crippen molar-refractivity contribution in [1.82, 2.24) is 9.80 Å². The van der Waals surface area contributed by atoms with E-state index in [4.69, 9.17) is 4.74 Å². The van der Waals surface area contributed by atoms with Gasteiger partial charge in [0.25, 0.3) is 11.6 Å². The zero-order chi connectivity index (χ0) is 24.5. The van der Waals surface area contributed by atoms with E-state index < -0.39 is 22.8 Å². The number of nitro groups is 1. The van der Waals surface area contributed by atoms with E-state index in [1.54, 1.807) is 11.8 Å². The molecule has 0 aromatic heterocycles. The molecule has 0 radical (unpaired) electrons. The largest absolute Gasteiger partial charge is 0.464 e. The van der Waals surface area contributed by atoms with Crippen LogP contribution in [-0.4, -0.2) is 72.5 Å². The molecule has 0 bridgehead atoms. The summed E-state index contributed by atoms with van der Waals surface area (Å²) in [6, 6.07) is 12.6. The molecule has 3 rings (SSSR count). The van der Waals surface area contributed by atoms with Gasteiger partial charge in [-0.2, -0.15) is 5.11 Å². The molecule has 1 N–H and O–H groups in total. The minimum Gasteiger partial charge on any atom is -0.464 e. The summed E-state index contributed by atoms with van der Waals surface area (Å²) >= 11 is 0. The predicted octanol–water partition coefficient (Wildman–Crippen LogP) is 2.94. The highest BCUT2D eigenvalue weighted by Crippen LogP contribution is 2.25. The van der Waals surface area contributed by atoms with E-state index in [1.165, 1.54) is 18.2 Å². The standard InChI is InChI=1S/C23H28N6O5/c1-3-34-23(31)20(15-17-7-5-4-6-8-17)25-26-24-18-9-10-21(29(32)33)19(16-18)22(30)28-13-11-27(2)12-14-28/h4-10,16,20H,3,11-15H2,1-2H3,(H,24,25). The van der Waals surface area contributed by atoms with Crippen molar-refractivity contribution in [2.24, 2.45) is 10.3 Å². The van der Waals surface area contributed by atoms with Crippen LogP contribution in [0.25, 0.3) is 0 Å². The number of nitrogens with zero attached hydrogens (tertiary/aromatic N) is 5. The molecule has 11 nitrogen and oxygen atoms in total. The molecular weight excluding hydrogens is 440 g/mol. The zero-order valence-electron chi connectivity index (χ0n) is 19.2. The second kappa shape index (κ2) is 11.8. The van der Waals surface area contributed by atoms with Gasteiger partial charge in [-0.3, -0.25) is 20.3 Å².